The SMILES string of the molecule is C=CCBr.C=CCN1C(C)(C)CC(O)CC1(C)C. The molecule has 0 unspecified atom stereocenters. The number of allylic oxidation sites excluding steroid dienone is 1. The number of nitrogens with zero attached hydrogens (tertiary/aromatic N) is 1. The van der Waals surface area contributed by atoms with Gasteiger partial charge in [-0.05, 0) is 40.5 Å². The van der Waals surface area contributed by atoms with Crippen molar-refractivity contribution in [1.29, 1.82) is 0 Å². The van der Waals surface area contributed by atoms with Gasteiger partial charge in [-0.25, -0.2) is 0 Å². The summed E-state index contributed by atoms with van der Waals surface area (Å²) in [7, 11) is 0. The Morgan fingerprint density at radius 3 is 1.83 bits per heavy atom. The second-order valence-corrected chi connectivity index (χ2v) is 6.68. The fourth-order valence-electron chi connectivity index (χ4n) is 2.89. The van der Waals surface area contributed by atoms with Gasteiger partial charge >= 0.3 is 0 Å². The van der Waals surface area contributed by atoms with E-state index in [0.29, 0.717) is 0 Å². The third kappa shape index (κ3) is 5.25. The summed E-state index contributed by atoms with van der Waals surface area (Å²) in [4.78, 5) is 2.43. The van der Waals surface area contributed by atoms with Gasteiger partial charge < -0.3 is 5.11 Å². The van der Waals surface area contributed by atoms with Crippen molar-refractivity contribution in [2.24, 2.45) is 0 Å². The Hall–Kier alpha value is -0.120. The van der Waals surface area contributed by atoms with Crippen molar-refractivity contribution in [2.45, 2.75) is 57.7 Å². The minimum absolute atomic E-state index is 0.0648. The van der Waals surface area contributed by atoms with Crippen LogP contribution >= 0.6 is 15.9 Å². The topological polar surface area (TPSA) is 23.5 Å². The summed E-state index contributed by atoms with van der Waals surface area (Å²) in [6.07, 6.45) is 5.27. The van der Waals surface area contributed by atoms with Crippen LogP contribution in [0.5, 0.6) is 0 Å². The molecule has 1 rings (SSSR count). The maximum atomic E-state index is 9.81. The average molecular weight is 318 g/mol. The highest BCUT2D eigenvalue weighted by atomic mass is 79.9. The smallest absolute Gasteiger partial charge is 0.0575 e. The Balaban J connectivity index is 0.000000631. The predicted molar refractivity (Wildman–Crippen MR) is 84.3 cm³/mol. The van der Waals surface area contributed by atoms with Crippen molar-refractivity contribution in [2.75, 3.05) is 11.9 Å². The lowest BCUT2D eigenvalue weighted by molar-refractivity contribution is -0.0735. The molecule has 0 bridgehead atoms. The minimum atomic E-state index is -0.166. The molecule has 2 nitrogen and oxygen atoms in total. The van der Waals surface area contributed by atoms with Crippen LogP contribution < -0.4 is 0 Å². The molecule has 1 heterocycles. The fraction of sp³-hybridized carbons (Fsp3) is 0.733. The number of hydrogen-bond acceptors (Lipinski definition) is 2. The van der Waals surface area contributed by atoms with Crippen molar-refractivity contribution >= 4 is 15.9 Å². The second-order valence-electron chi connectivity index (χ2n) is 6.03. The van der Waals surface area contributed by atoms with Crippen LogP contribution in [0.1, 0.15) is 40.5 Å². The summed E-state index contributed by atoms with van der Waals surface area (Å²) >= 11 is 3.13. The van der Waals surface area contributed by atoms with Gasteiger partial charge in [0.2, 0.25) is 0 Å². The molecule has 0 atom stereocenters. The summed E-state index contributed by atoms with van der Waals surface area (Å²) in [6, 6.07) is 0. The third-order valence-electron chi connectivity index (χ3n) is 3.35. The molecule has 1 aliphatic rings. The van der Waals surface area contributed by atoms with E-state index in [1.165, 1.54) is 0 Å². The molecule has 3 heteroatoms. The van der Waals surface area contributed by atoms with Crippen molar-refractivity contribution in [3.05, 3.63) is 25.3 Å². The van der Waals surface area contributed by atoms with Gasteiger partial charge in [0.25, 0.3) is 0 Å². The van der Waals surface area contributed by atoms with Gasteiger partial charge in [-0.2, -0.15) is 0 Å². The molecule has 0 aromatic heterocycles. The average Bonchev–Trinajstić information content (AvgIpc) is 2.22. The number of halogens is 1. The van der Waals surface area contributed by atoms with Gasteiger partial charge in [0.15, 0.2) is 0 Å². The molecule has 18 heavy (non-hydrogen) atoms. The molecule has 0 aliphatic carbocycles. The highest BCUT2D eigenvalue weighted by Gasteiger charge is 2.43. The molecule has 1 fully saturated rings. The number of alkyl halides is 1. The standard InChI is InChI=1S/C12H23NO.C3H5Br/c1-6-7-13-11(2,3)8-10(14)9-12(13,4)5;1-2-3-4/h6,10,14H,1,7-9H2,2-5H3;2H,1,3H2. The maximum absolute atomic E-state index is 9.81. The molecule has 0 aromatic rings. The first-order valence-electron chi connectivity index (χ1n) is 6.45. The van der Waals surface area contributed by atoms with Gasteiger partial charge in [0.1, 0.15) is 0 Å². The highest BCUT2D eigenvalue weighted by molar-refractivity contribution is 9.09. The molecular formula is C15H28BrNO. The van der Waals surface area contributed by atoms with Crippen LogP contribution in [0.2, 0.25) is 0 Å². The number of hydrogen-bond donors (Lipinski definition) is 1. The maximum Gasteiger partial charge on any atom is 0.0575 e. The Bertz CT molecular complexity index is 256. The van der Waals surface area contributed by atoms with E-state index in [1.54, 1.807) is 6.08 Å². The Morgan fingerprint density at radius 2 is 1.56 bits per heavy atom. The lowest BCUT2D eigenvalue weighted by atomic mass is 9.78. The summed E-state index contributed by atoms with van der Waals surface area (Å²) in [5, 5.41) is 10.7. The van der Waals surface area contributed by atoms with Crippen LogP contribution in [0.3, 0.4) is 0 Å². The monoisotopic (exact) mass is 317 g/mol. The van der Waals surface area contributed by atoms with Crippen LogP contribution in [-0.4, -0.2) is 39.1 Å². The van der Waals surface area contributed by atoms with Crippen molar-refractivity contribution < 1.29 is 5.11 Å². The lowest BCUT2D eigenvalue weighted by Gasteiger charge is -2.54. The molecule has 0 amide bonds. The first kappa shape index (κ1) is 17.9. The largest absolute Gasteiger partial charge is 0.393 e. The third-order valence-corrected chi connectivity index (χ3v) is 3.81. The zero-order chi connectivity index (χ0) is 14.4. The number of aliphatic hydroxyl groups is 1. The molecule has 0 radical (unpaired) electrons. The minimum Gasteiger partial charge on any atom is -0.393 e. The van der Waals surface area contributed by atoms with E-state index in [4.69, 9.17) is 0 Å². The molecule has 106 valence electrons. The van der Waals surface area contributed by atoms with Crippen molar-refractivity contribution in [1.82, 2.24) is 4.90 Å². The van der Waals surface area contributed by atoms with Crippen LogP contribution in [0.15, 0.2) is 25.3 Å². The predicted octanol–water partition coefficient (Wildman–Crippen LogP) is 3.75. The summed E-state index contributed by atoms with van der Waals surface area (Å²) in [5.41, 5.74) is 0.130. The molecule has 1 saturated heterocycles. The van der Waals surface area contributed by atoms with Gasteiger partial charge in [0, 0.05) is 23.0 Å². The Labute approximate surface area is 121 Å². The summed E-state index contributed by atoms with van der Waals surface area (Å²) < 4.78 is 0. The van der Waals surface area contributed by atoms with Crippen LogP contribution in [0, 0.1) is 0 Å². The normalized spacial score (nSPS) is 22.8. The van der Waals surface area contributed by atoms with Crippen LogP contribution in [0.25, 0.3) is 0 Å². The van der Waals surface area contributed by atoms with Gasteiger partial charge in [0.05, 0.1) is 6.10 Å². The number of rotatable bonds is 3. The van der Waals surface area contributed by atoms with Crippen LogP contribution in [0.4, 0.5) is 0 Å². The van der Waals surface area contributed by atoms with E-state index in [2.05, 4.69) is 61.7 Å². The fourth-order valence-corrected chi connectivity index (χ4v) is 2.89. The second kappa shape index (κ2) is 7.46. The van der Waals surface area contributed by atoms with E-state index in [9.17, 15) is 5.11 Å². The Kier molecular flexibility index (Phi) is 7.41. The molecular weight excluding hydrogens is 290 g/mol. The number of aliphatic hydroxyl groups excluding tert-OH is 1. The quantitative estimate of drug-likeness (QED) is 0.633. The number of piperidine rings is 1. The molecule has 0 spiro atoms. The summed E-state index contributed by atoms with van der Waals surface area (Å²) in [6.45, 7) is 16.9. The summed E-state index contributed by atoms with van der Waals surface area (Å²) in [5.74, 6) is 0. The van der Waals surface area contributed by atoms with Crippen LogP contribution in [-0.2, 0) is 0 Å². The lowest BCUT2D eigenvalue weighted by Crippen LogP contribution is -2.61. The molecule has 0 saturated carbocycles. The zero-order valence-electron chi connectivity index (χ0n) is 12.2. The Morgan fingerprint density at radius 1 is 1.17 bits per heavy atom. The first-order valence-corrected chi connectivity index (χ1v) is 7.57. The van der Waals surface area contributed by atoms with E-state index >= 15 is 0 Å². The van der Waals surface area contributed by atoms with Gasteiger partial charge in [-0.15, -0.1) is 13.2 Å². The van der Waals surface area contributed by atoms with E-state index in [1.807, 2.05) is 6.08 Å². The van der Waals surface area contributed by atoms with Gasteiger partial charge in [-0.3, -0.25) is 4.90 Å². The van der Waals surface area contributed by atoms with E-state index in [0.717, 1.165) is 24.7 Å². The molecule has 1 aliphatic heterocycles. The molecule has 0 aromatic carbocycles. The first-order chi connectivity index (χ1) is 8.21. The highest BCUT2D eigenvalue weighted by Crippen LogP contribution is 2.37. The van der Waals surface area contributed by atoms with Crippen molar-refractivity contribution in [3.63, 3.8) is 0 Å². The number of likely N-dealkylation sites (tertiary alicyclic amines) is 1. The van der Waals surface area contributed by atoms with Crippen molar-refractivity contribution in [3.8, 4) is 0 Å². The molecule has 1 N–H and O–H groups in total. The zero-order valence-corrected chi connectivity index (χ0v) is 13.8. The van der Waals surface area contributed by atoms with E-state index in [-0.39, 0.29) is 17.2 Å². The van der Waals surface area contributed by atoms with E-state index < -0.39 is 0 Å². The van der Waals surface area contributed by atoms with Gasteiger partial charge in [-0.1, -0.05) is 28.1 Å².